The maximum Gasteiger partial charge on any atom is 0.0236 e. The lowest BCUT2D eigenvalue weighted by Gasteiger charge is -2.35. The molecule has 1 N–H and O–H groups in total. The van der Waals surface area contributed by atoms with Gasteiger partial charge in [-0.15, -0.1) is 0 Å². The fourth-order valence-electron chi connectivity index (χ4n) is 2.37. The minimum absolute atomic E-state index is 0.821. The topological polar surface area (TPSA) is 15.3 Å². The summed E-state index contributed by atoms with van der Waals surface area (Å²) in [5, 5.41) is 3.42. The molecule has 2 nitrogen and oxygen atoms in total. The first-order valence-corrected chi connectivity index (χ1v) is 6.79. The molecule has 0 atom stereocenters. The van der Waals surface area contributed by atoms with Gasteiger partial charge in [-0.2, -0.15) is 0 Å². The lowest BCUT2D eigenvalue weighted by molar-refractivity contribution is 0.152. The molecule has 0 unspecified atom stereocenters. The average Bonchev–Trinajstić information content (AvgIpc) is 2.25. The highest BCUT2D eigenvalue weighted by Gasteiger charge is 2.22. The number of benzene rings is 1. The zero-order valence-corrected chi connectivity index (χ0v) is 11.1. The van der Waals surface area contributed by atoms with Crippen LogP contribution in [0.3, 0.4) is 0 Å². The summed E-state index contributed by atoms with van der Waals surface area (Å²) in [5.74, 6) is 0. The lowest BCUT2D eigenvalue weighted by Crippen LogP contribution is -2.36. The summed E-state index contributed by atoms with van der Waals surface area (Å²) >= 11 is 0. The van der Waals surface area contributed by atoms with E-state index in [9.17, 15) is 0 Å². The van der Waals surface area contributed by atoms with Gasteiger partial charge < -0.3 is 5.32 Å². The molecular formula is C15H24N2. The summed E-state index contributed by atoms with van der Waals surface area (Å²) in [4.78, 5) is 2.51. The SMILES string of the molecule is CCNCc1ccccc1CN(C)C1CCC1. The number of hydrogen-bond donors (Lipinski definition) is 1. The lowest BCUT2D eigenvalue weighted by atomic mass is 9.91. The molecule has 1 fully saturated rings. The molecule has 1 aromatic rings. The van der Waals surface area contributed by atoms with Crippen molar-refractivity contribution >= 4 is 0 Å². The minimum atomic E-state index is 0.821. The van der Waals surface area contributed by atoms with Crippen LogP contribution in [0, 0.1) is 0 Å². The largest absolute Gasteiger partial charge is 0.313 e. The van der Waals surface area contributed by atoms with E-state index in [1.165, 1.54) is 30.4 Å². The highest BCUT2D eigenvalue weighted by atomic mass is 15.1. The van der Waals surface area contributed by atoms with Crippen molar-refractivity contribution in [3.63, 3.8) is 0 Å². The van der Waals surface area contributed by atoms with Crippen LogP contribution >= 0.6 is 0 Å². The second kappa shape index (κ2) is 6.18. The Hall–Kier alpha value is -0.860. The minimum Gasteiger partial charge on any atom is -0.313 e. The Balaban J connectivity index is 1.98. The van der Waals surface area contributed by atoms with Gasteiger partial charge in [0, 0.05) is 19.1 Å². The van der Waals surface area contributed by atoms with Gasteiger partial charge in [0.1, 0.15) is 0 Å². The van der Waals surface area contributed by atoms with Crippen LogP contribution < -0.4 is 5.32 Å². The van der Waals surface area contributed by atoms with Crippen molar-refractivity contribution in [3.8, 4) is 0 Å². The third-order valence-electron chi connectivity index (χ3n) is 3.80. The highest BCUT2D eigenvalue weighted by molar-refractivity contribution is 5.27. The second-order valence-electron chi connectivity index (χ2n) is 5.05. The number of nitrogens with zero attached hydrogens (tertiary/aromatic N) is 1. The average molecular weight is 232 g/mol. The smallest absolute Gasteiger partial charge is 0.0236 e. The standard InChI is InChI=1S/C15H24N2/c1-3-16-11-13-7-4-5-8-14(13)12-17(2)15-9-6-10-15/h4-5,7-8,15-16H,3,6,9-12H2,1-2H3. The second-order valence-corrected chi connectivity index (χ2v) is 5.05. The van der Waals surface area contributed by atoms with Crippen molar-refractivity contribution in [2.75, 3.05) is 13.6 Å². The van der Waals surface area contributed by atoms with Crippen LogP contribution in [0.25, 0.3) is 0 Å². The van der Waals surface area contributed by atoms with Crippen LogP contribution in [0.4, 0.5) is 0 Å². The Labute approximate surface area is 105 Å². The number of rotatable bonds is 6. The third-order valence-corrected chi connectivity index (χ3v) is 3.80. The maximum atomic E-state index is 3.42. The Morgan fingerprint density at radius 1 is 1.24 bits per heavy atom. The molecule has 0 amide bonds. The van der Waals surface area contributed by atoms with Crippen LogP contribution in [0.5, 0.6) is 0 Å². The van der Waals surface area contributed by atoms with Gasteiger partial charge in [-0.25, -0.2) is 0 Å². The monoisotopic (exact) mass is 232 g/mol. The molecule has 1 aliphatic rings. The van der Waals surface area contributed by atoms with Crippen LogP contribution in [-0.2, 0) is 13.1 Å². The molecule has 0 saturated heterocycles. The third kappa shape index (κ3) is 3.30. The van der Waals surface area contributed by atoms with E-state index in [1.807, 2.05) is 0 Å². The zero-order valence-electron chi connectivity index (χ0n) is 11.1. The van der Waals surface area contributed by atoms with Gasteiger partial charge in [0.2, 0.25) is 0 Å². The quantitative estimate of drug-likeness (QED) is 0.811. The predicted molar refractivity (Wildman–Crippen MR) is 72.9 cm³/mol. The molecule has 0 radical (unpaired) electrons. The van der Waals surface area contributed by atoms with Gasteiger partial charge in [0.15, 0.2) is 0 Å². The molecular weight excluding hydrogens is 208 g/mol. The summed E-state index contributed by atoms with van der Waals surface area (Å²) in [6.07, 6.45) is 4.17. The van der Waals surface area contributed by atoms with Crippen LogP contribution in [0.1, 0.15) is 37.3 Å². The van der Waals surface area contributed by atoms with Crippen molar-refractivity contribution in [3.05, 3.63) is 35.4 Å². The van der Waals surface area contributed by atoms with E-state index in [1.54, 1.807) is 0 Å². The molecule has 2 rings (SSSR count). The van der Waals surface area contributed by atoms with Gasteiger partial charge in [0.05, 0.1) is 0 Å². The Bertz CT molecular complexity index is 345. The van der Waals surface area contributed by atoms with E-state index in [-0.39, 0.29) is 0 Å². The number of hydrogen-bond acceptors (Lipinski definition) is 2. The zero-order chi connectivity index (χ0) is 12.1. The normalized spacial score (nSPS) is 16.2. The molecule has 94 valence electrons. The Kier molecular flexibility index (Phi) is 4.57. The van der Waals surface area contributed by atoms with Crippen molar-refractivity contribution in [1.82, 2.24) is 10.2 Å². The molecule has 0 aromatic heterocycles. The fraction of sp³-hybridized carbons (Fsp3) is 0.600. The van der Waals surface area contributed by atoms with E-state index >= 15 is 0 Å². The molecule has 0 spiro atoms. The molecule has 0 heterocycles. The molecule has 17 heavy (non-hydrogen) atoms. The summed E-state index contributed by atoms with van der Waals surface area (Å²) in [5.41, 5.74) is 2.92. The van der Waals surface area contributed by atoms with Crippen molar-refractivity contribution in [2.45, 2.75) is 45.3 Å². The number of nitrogens with one attached hydrogen (secondary N) is 1. The van der Waals surface area contributed by atoms with E-state index in [2.05, 4.69) is 48.5 Å². The molecule has 0 aliphatic heterocycles. The molecule has 1 saturated carbocycles. The van der Waals surface area contributed by atoms with Gasteiger partial charge in [-0.3, -0.25) is 4.90 Å². The van der Waals surface area contributed by atoms with Crippen LogP contribution in [-0.4, -0.2) is 24.5 Å². The first-order chi connectivity index (χ1) is 8.31. The van der Waals surface area contributed by atoms with Crippen molar-refractivity contribution < 1.29 is 0 Å². The summed E-state index contributed by atoms with van der Waals surface area (Å²) in [7, 11) is 2.26. The van der Waals surface area contributed by atoms with E-state index in [4.69, 9.17) is 0 Å². The van der Waals surface area contributed by atoms with Gasteiger partial charge in [-0.1, -0.05) is 37.6 Å². The fourth-order valence-corrected chi connectivity index (χ4v) is 2.37. The summed E-state index contributed by atoms with van der Waals surface area (Å²) in [6.45, 7) is 5.27. The maximum absolute atomic E-state index is 3.42. The molecule has 0 bridgehead atoms. The van der Waals surface area contributed by atoms with Crippen molar-refractivity contribution in [1.29, 1.82) is 0 Å². The first-order valence-electron chi connectivity index (χ1n) is 6.79. The summed E-state index contributed by atoms with van der Waals surface area (Å²) in [6, 6.07) is 9.62. The predicted octanol–water partition coefficient (Wildman–Crippen LogP) is 2.78. The van der Waals surface area contributed by atoms with Gasteiger partial charge in [0.25, 0.3) is 0 Å². The van der Waals surface area contributed by atoms with E-state index < -0.39 is 0 Å². The molecule has 1 aliphatic carbocycles. The van der Waals surface area contributed by atoms with Crippen molar-refractivity contribution in [2.24, 2.45) is 0 Å². The van der Waals surface area contributed by atoms with Crippen LogP contribution in [0.2, 0.25) is 0 Å². The van der Waals surface area contributed by atoms with E-state index in [0.29, 0.717) is 0 Å². The highest BCUT2D eigenvalue weighted by Crippen LogP contribution is 2.25. The first kappa shape index (κ1) is 12.6. The molecule has 2 heteroatoms. The van der Waals surface area contributed by atoms with Gasteiger partial charge in [-0.05, 0) is 37.6 Å². The van der Waals surface area contributed by atoms with Gasteiger partial charge >= 0.3 is 0 Å². The van der Waals surface area contributed by atoms with E-state index in [0.717, 1.165) is 25.7 Å². The Morgan fingerprint density at radius 3 is 2.53 bits per heavy atom. The summed E-state index contributed by atoms with van der Waals surface area (Å²) < 4.78 is 0. The molecule has 1 aromatic carbocycles. The van der Waals surface area contributed by atoms with Crippen LogP contribution in [0.15, 0.2) is 24.3 Å². The Morgan fingerprint density at radius 2 is 1.94 bits per heavy atom.